The highest BCUT2D eigenvalue weighted by molar-refractivity contribution is 6.30. The molecule has 3 nitrogen and oxygen atoms in total. The second-order valence-electron chi connectivity index (χ2n) is 4.77. The molecule has 2 rings (SSSR count). The molecule has 16 heavy (non-hydrogen) atoms. The van der Waals surface area contributed by atoms with Crippen molar-refractivity contribution in [3.63, 3.8) is 0 Å². The van der Waals surface area contributed by atoms with Crippen molar-refractivity contribution in [2.75, 3.05) is 0 Å². The Balaban J connectivity index is 2.34. The number of amides is 1. The molecule has 1 atom stereocenters. The maximum Gasteiger partial charge on any atom is 0.252 e. The molecule has 1 unspecified atom stereocenters. The van der Waals surface area contributed by atoms with E-state index in [1.165, 1.54) is 0 Å². The Bertz CT molecular complexity index is 437. The number of carbonyl (C=O) groups excluding carboxylic acids is 1. The van der Waals surface area contributed by atoms with E-state index in [9.17, 15) is 9.90 Å². The standard InChI is InChI=1S/C12H14ClNO2/c1-12(2,16)6-10-9-5-7(13)3-4-8(9)11(15)14-10/h3-5,10,16H,6H2,1-2H3,(H,14,15). The lowest BCUT2D eigenvalue weighted by Crippen LogP contribution is -2.28. The predicted octanol–water partition coefficient (Wildman–Crippen LogP) is 2.29. The van der Waals surface area contributed by atoms with Crippen molar-refractivity contribution in [2.45, 2.75) is 31.9 Å². The molecule has 1 aromatic rings. The molecule has 1 aliphatic heterocycles. The van der Waals surface area contributed by atoms with Crippen molar-refractivity contribution in [1.29, 1.82) is 0 Å². The SMILES string of the molecule is CC(C)(O)CC1NC(=O)c2ccc(Cl)cc21. The van der Waals surface area contributed by atoms with Crippen molar-refractivity contribution in [1.82, 2.24) is 5.32 Å². The van der Waals surface area contributed by atoms with E-state index in [0.717, 1.165) is 5.56 Å². The maximum absolute atomic E-state index is 11.6. The third-order valence-corrected chi connectivity index (χ3v) is 2.88. The molecule has 1 amide bonds. The van der Waals surface area contributed by atoms with Crippen molar-refractivity contribution in [3.8, 4) is 0 Å². The Morgan fingerprint density at radius 1 is 1.50 bits per heavy atom. The zero-order valence-corrected chi connectivity index (χ0v) is 10.0. The number of rotatable bonds is 2. The van der Waals surface area contributed by atoms with Crippen LogP contribution in [0.25, 0.3) is 0 Å². The first-order valence-corrected chi connectivity index (χ1v) is 5.57. The summed E-state index contributed by atoms with van der Waals surface area (Å²) in [6.45, 7) is 3.45. The van der Waals surface area contributed by atoms with Gasteiger partial charge in [-0.1, -0.05) is 11.6 Å². The van der Waals surface area contributed by atoms with Crippen LogP contribution in [-0.2, 0) is 0 Å². The van der Waals surface area contributed by atoms with Crippen LogP contribution >= 0.6 is 11.6 Å². The first-order valence-electron chi connectivity index (χ1n) is 5.19. The number of carbonyl (C=O) groups is 1. The van der Waals surface area contributed by atoms with Crippen molar-refractivity contribution < 1.29 is 9.90 Å². The van der Waals surface area contributed by atoms with E-state index < -0.39 is 5.60 Å². The van der Waals surface area contributed by atoms with Gasteiger partial charge in [0.1, 0.15) is 0 Å². The van der Waals surface area contributed by atoms with Gasteiger partial charge in [-0.2, -0.15) is 0 Å². The Labute approximate surface area is 99.4 Å². The number of benzene rings is 1. The Kier molecular flexibility index (Phi) is 2.68. The summed E-state index contributed by atoms with van der Waals surface area (Å²) in [5.74, 6) is -0.0964. The highest BCUT2D eigenvalue weighted by Gasteiger charge is 2.32. The van der Waals surface area contributed by atoms with Gasteiger partial charge in [0.2, 0.25) is 0 Å². The van der Waals surface area contributed by atoms with Gasteiger partial charge in [0.05, 0.1) is 11.6 Å². The minimum absolute atomic E-state index is 0.0964. The van der Waals surface area contributed by atoms with E-state index in [1.54, 1.807) is 32.0 Å². The van der Waals surface area contributed by atoms with Gasteiger partial charge in [-0.15, -0.1) is 0 Å². The van der Waals surface area contributed by atoms with Crippen molar-refractivity contribution >= 4 is 17.5 Å². The van der Waals surface area contributed by atoms with E-state index in [0.29, 0.717) is 17.0 Å². The molecule has 86 valence electrons. The van der Waals surface area contributed by atoms with Crippen LogP contribution in [0.1, 0.15) is 42.2 Å². The molecule has 0 aromatic heterocycles. The van der Waals surface area contributed by atoms with Crippen LogP contribution in [0.4, 0.5) is 0 Å². The van der Waals surface area contributed by atoms with E-state index >= 15 is 0 Å². The van der Waals surface area contributed by atoms with Gasteiger partial charge in [0.25, 0.3) is 5.91 Å². The average molecular weight is 240 g/mol. The third kappa shape index (κ3) is 2.20. The number of hydrogen-bond donors (Lipinski definition) is 2. The van der Waals surface area contributed by atoms with Gasteiger partial charge in [-0.25, -0.2) is 0 Å². The molecule has 0 saturated heterocycles. The molecule has 0 saturated carbocycles. The van der Waals surface area contributed by atoms with E-state index in [-0.39, 0.29) is 11.9 Å². The quantitative estimate of drug-likeness (QED) is 0.832. The molecule has 1 aliphatic rings. The maximum atomic E-state index is 11.6. The van der Waals surface area contributed by atoms with Gasteiger partial charge in [-0.3, -0.25) is 4.79 Å². The summed E-state index contributed by atoms with van der Waals surface area (Å²) in [6.07, 6.45) is 0.478. The summed E-state index contributed by atoms with van der Waals surface area (Å²) >= 11 is 5.91. The lowest BCUT2D eigenvalue weighted by Gasteiger charge is -2.22. The highest BCUT2D eigenvalue weighted by Crippen LogP contribution is 2.33. The number of halogens is 1. The Morgan fingerprint density at radius 3 is 2.81 bits per heavy atom. The lowest BCUT2D eigenvalue weighted by atomic mass is 9.94. The second kappa shape index (κ2) is 3.75. The van der Waals surface area contributed by atoms with Gasteiger partial charge in [-0.05, 0) is 37.6 Å². The lowest BCUT2D eigenvalue weighted by molar-refractivity contribution is 0.0591. The highest BCUT2D eigenvalue weighted by atomic mass is 35.5. The molecule has 0 radical (unpaired) electrons. The third-order valence-electron chi connectivity index (χ3n) is 2.64. The summed E-state index contributed by atoms with van der Waals surface area (Å²) in [5, 5.41) is 13.2. The van der Waals surface area contributed by atoms with Gasteiger partial charge >= 0.3 is 0 Å². The van der Waals surface area contributed by atoms with E-state index in [1.807, 2.05) is 0 Å². The fourth-order valence-electron chi connectivity index (χ4n) is 2.00. The molecule has 1 heterocycles. The normalized spacial score (nSPS) is 19.5. The smallest absolute Gasteiger partial charge is 0.252 e. The molecule has 0 bridgehead atoms. The average Bonchev–Trinajstić information content (AvgIpc) is 2.40. The summed E-state index contributed by atoms with van der Waals surface area (Å²) in [7, 11) is 0. The van der Waals surface area contributed by atoms with Crippen molar-refractivity contribution in [2.24, 2.45) is 0 Å². The fourth-order valence-corrected chi connectivity index (χ4v) is 2.18. The molecule has 4 heteroatoms. The van der Waals surface area contributed by atoms with Crippen LogP contribution in [0.3, 0.4) is 0 Å². The predicted molar refractivity (Wildman–Crippen MR) is 62.6 cm³/mol. The van der Waals surface area contributed by atoms with Gasteiger partial charge < -0.3 is 10.4 Å². The molecule has 2 N–H and O–H groups in total. The Hall–Kier alpha value is -1.06. The van der Waals surface area contributed by atoms with Crippen LogP contribution in [-0.4, -0.2) is 16.6 Å². The van der Waals surface area contributed by atoms with Gasteiger partial charge in [0, 0.05) is 17.0 Å². The minimum atomic E-state index is -0.818. The van der Waals surface area contributed by atoms with Crippen LogP contribution in [0.2, 0.25) is 5.02 Å². The fraction of sp³-hybridized carbons (Fsp3) is 0.417. The summed E-state index contributed by atoms with van der Waals surface area (Å²) < 4.78 is 0. The largest absolute Gasteiger partial charge is 0.390 e. The number of fused-ring (bicyclic) bond motifs is 1. The van der Waals surface area contributed by atoms with Crippen LogP contribution in [0, 0.1) is 0 Å². The Morgan fingerprint density at radius 2 is 2.19 bits per heavy atom. The van der Waals surface area contributed by atoms with Crippen molar-refractivity contribution in [3.05, 3.63) is 34.3 Å². The number of aliphatic hydroxyl groups is 1. The molecular formula is C12H14ClNO2. The van der Waals surface area contributed by atoms with Gasteiger partial charge in [0.15, 0.2) is 0 Å². The molecule has 0 fully saturated rings. The number of nitrogens with one attached hydrogen (secondary N) is 1. The number of hydrogen-bond acceptors (Lipinski definition) is 2. The van der Waals surface area contributed by atoms with Crippen LogP contribution in [0.5, 0.6) is 0 Å². The first kappa shape index (κ1) is 11.4. The molecule has 1 aromatic carbocycles. The molecular weight excluding hydrogens is 226 g/mol. The monoisotopic (exact) mass is 239 g/mol. The second-order valence-corrected chi connectivity index (χ2v) is 5.21. The minimum Gasteiger partial charge on any atom is -0.390 e. The van der Waals surface area contributed by atoms with Crippen LogP contribution in [0.15, 0.2) is 18.2 Å². The zero-order valence-electron chi connectivity index (χ0n) is 9.25. The van der Waals surface area contributed by atoms with E-state index in [2.05, 4.69) is 5.32 Å². The summed E-state index contributed by atoms with van der Waals surface area (Å²) in [5.41, 5.74) is 0.709. The van der Waals surface area contributed by atoms with Crippen LogP contribution < -0.4 is 5.32 Å². The zero-order chi connectivity index (χ0) is 11.9. The first-order chi connectivity index (χ1) is 7.37. The summed E-state index contributed by atoms with van der Waals surface area (Å²) in [4.78, 5) is 11.6. The summed E-state index contributed by atoms with van der Waals surface area (Å²) in [6, 6.07) is 5.05. The topological polar surface area (TPSA) is 49.3 Å². The molecule has 0 aliphatic carbocycles. The van der Waals surface area contributed by atoms with E-state index in [4.69, 9.17) is 11.6 Å². The molecule has 0 spiro atoms.